The van der Waals surface area contributed by atoms with Crippen LogP contribution in [0.15, 0.2) is 18.5 Å². The summed E-state index contributed by atoms with van der Waals surface area (Å²) in [7, 11) is 1.68. The summed E-state index contributed by atoms with van der Waals surface area (Å²) in [6.45, 7) is 1.24. The molecular formula is C18H22N4O2. The van der Waals surface area contributed by atoms with Crippen molar-refractivity contribution in [3.8, 4) is 5.75 Å². The largest absolute Gasteiger partial charge is 0.496 e. The second-order valence-electron chi connectivity index (χ2n) is 6.41. The summed E-state index contributed by atoms with van der Waals surface area (Å²) in [5, 5.41) is 6.27. The lowest BCUT2D eigenvalue weighted by atomic mass is 10.0. The highest BCUT2D eigenvalue weighted by molar-refractivity contribution is 5.83. The molecule has 1 aliphatic carbocycles. The molecule has 1 aromatic carbocycles. The lowest BCUT2D eigenvalue weighted by Crippen LogP contribution is -2.41. The predicted octanol–water partition coefficient (Wildman–Crippen LogP) is 1.41. The number of nitrogens with zero attached hydrogens (tertiary/aromatic N) is 1. The smallest absolute Gasteiger partial charge is 0.243 e. The number of amides is 1. The minimum atomic E-state index is -0.388. The average Bonchev–Trinajstić information content (AvgIpc) is 3.26. The molecule has 0 saturated carbocycles. The van der Waals surface area contributed by atoms with Gasteiger partial charge < -0.3 is 20.4 Å². The molecule has 6 heteroatoms. The molecule has 2 aromatic rings. The highest BCUT2D eigenvalue weighted by Crippen LogP contribution is 2.30. The van der Waals surface area contributed by atoms with Gasteiger partial charge in [0.05, 0.1) is 19.1 Å². The number of benzene rings is 1. The molecule has 0 spiro atoms. The van der Waals surface area contributed by atoms with Crippen LogP contribution in [0.25, 0.3) is 0 Å². The van der Waals surface area contributed by atoms with E-state index in [-0.39, 0.29) is 11.9 Å². The number of ether oxygens (including phenoxy) is 1. The number of aromatic nitrogens is 2. The van der Waals surface area contributed by atoms with Crippen LogP contribution >= 0.6 is 0 Å². The number of rotatable bonds is 4. The standard InChI is InChI=1S/C18H22N4O2/c1-24-15-8-12-4-2-3-11(12)7-13(15)9-20-18(23)17-16-14(5-6-19-17)21-10-22-16/h7-8,10,17,19H,2-6,9H2,1H3,(H,20,23)(H,21,22)/t17-/m0/s1. The molecule has 6 nitrogen and oxygen atoms in total. The third-order valence-electron chi connectivity index (χ3n) is 4.96. The Bertz CT molecular complexity index is 768. The van der Waals surface area contributed by atoms with Gasteiger partial charge in [-0.2, -0.15) is 0 Å². The van der Waals surface area contributed by atoms with Gasteiger partial charge in [-0.3, -0.25) is 4.79 Å². The van der Waals surface area contributed by atoms with Gasteiger partial charge in [0.25, 0.3) is 0 Å². The van der Waals surface area contributed by atoms with E-state index in [1.165, 1.54) is 17.5 Å². The van der Waals surface area contributed by atoms with Gasteiger partial charge in [0.15, 0.2) is 0 Å². The van der Waals surface area contributed by atoms with E-state index in [0.717, 1.165) is 48.5 Å². The van der Waals surface area contributed by atoms with Crippen molar-refractivity contribution >= 4 is 5.91 Å². The summed E-state index contributed by atoms with van der Waals surface area (Å²) < 4.78 is 5.51. The SMILES string of the molecule is COc1cc2c(cc1CNC(=O)[C@H]1NCCc3[nH]cnc31)CCC2. The van der Waals surface area contributed by atoms with E-state index in [4.69, 9.17) is 4.74 Å². The van der Waals surface area contributed by atoms with E-state index in [1.807, 2.05) is 0 Å². The number of aryl methyl sites for hydroxylation is 2. The van der Waals surface area contributed by atoms with Crippen molar-refractivity contribution in [3.63, 3.8) is 0 Å². The van der Waals surface area contributed by atoms with Crippen LogP contribution in [0.5, 0.6) is 5.75 Å². The Kier molecular flexibility index (Phi) is 3.98. The van der Waals surface area contributed by atoms with Gasteiger partial charge >= 0.3 is 0 Å². The second kappa shape index (κ2) is 6.28. The van der Waals surface area contributed by atoms with Crippen molar-refractivity contribution in [2.75, 3.05) is 13.7 Å². The van der Waals surface area contributed by atoms with Crippen molar-refractivity contribution in [1.29, 1.82) is 0 Å². The van der Waals surface area contributed by atoms with Crippen molar-refractivity contribution in [3.05, 3.63) is 46.5 Å². The van der Waals surface area contributed by atoms with Crippen LogP contribution in [0, 0.1) is 0 Å². The maximum Gasteiger partial charge on any atom is 0.243 e. The maximum absolute atomic E-state index is 12.6. The third kappa shape index (κ3) is 2.67. The van der Waals surface area contributed by atoms with Gasteiger partial charge in [-0.25, -0.2) is 4.98 Å². The zero-order chi connectivity index (χ0) is 16.5. The Balaban J connectivity index is 1.49. The van der Waals surface area contributed by atoms with Gasteiger partial charge in [-0.1, -0.05) is 6.07 Å². The molecule has 24 heavy (non-hydrogen) atoms. The van der Waals surface area contributed by atoms with E-state index < -0.39 is 0 Å². The van der Waals surface area contributed by atoms with Gasteiger partial charge in [0.1, 0.15) is 11.8 Å². The van der Waals surface area contributed by atoms with Crippen LogP contribution in [-0.2, 0) is 30.6 Å². The number of fused-ring (bicyclic) bond motifs is 2. The van der Waals surface area contributed by atoms with E-state index in [2.05, 4.69) is 32.7 Å². The van der Waals surface area contributed by atoms with Gasteiger partial charge in [0.2, 0.25) is 5.91 Å². The Hall–Kier alpha value is -2.34. The van der Waals surface area contributed by atoms with Crippen LogP contribution in [-0.4, -0.2) is 29.5 Å². The van der Waals surface area contributed by atoms with Crippen LogP contribution in [0.3, 0.4) is 0 Å². The Morgan fingerprint density at radius 3 is 3.00 bits per heavy atom. The number of H-pyrrole nitrogens is 1. The molecule has 2 aliphatic rings. The fourth-order valence-corrected chi connectivity index (χ4v) is 3.70. The predicted molar refractivity (Wildman–Crippen MR) is 89.9 cm³/mol. The van der Waals surface area contributed by atoms with Crippen LogP contribution < -0.4 is 15.4 Å². The van der Waals surface area contributed by atoms with Crippen molar-refractivity contribution in [1.82, 2.24) is 20.6 Å². The molecule has 0 saturated heterocycles. The van der Waals surface area contributed by atoms with E-state index in [0.29, 0.717) is 6.54 Å². The van der Waals surface area contributed by atoms with Gasteiger partial charge in [-0.05, 0) is 36.5 Å². The quantitative estimate of drug-likeness (QED) is 0.794. The van der Waals surface area contributed by atoms with E-state index >= 15 is 0 Å². The summed E-state index contributed by atoms with van der Waals surface area (Å²) in [4.78, 5) is 20.0. The summed E-state index contributed by atoms with van der Waals surface area (Å²) >= 11 is 0. The molecule has 0 unspecified atom stereocenters. The molecule has 2 heterocycles. The number of carbonyl (C=O) groups is 1. The van der Waals surface area contributed by atoms with Crippen molar-refractivity contribution in [2.45, 2.75) is 38.3 Å². The van der Waals surface area contributed by atoms with Crippen LogP contribution in [0.4, 0.5) is 0 Å². The second-order valence-corrected chi connectivity index (χ2v) is 6.41. The number of nitrogens with one attached hydrogen (secondary N) is 3. The number of aromatic amines is 1. The molecule has 1 aliphatic heterocycles. The zero-order valence-electron chi connectivity index (χ0n) is 13.8. The zero-order valence-corrected chi connectivity index (χ0v) is 13.8. The first-order valence-corrected chi connectivity index (χ1v) is 8.48. The molecule has 0 radical (unpaired) electrons. The first-order chi connectivity index (χ1) is 11.8. The molecule has 0 bridgehead atoms. The fourth-order valence-electron chi connectivity index (χ4n) is 3.70. The normalized spacial score (nSPS) is 18.8. The molecule has 1 aromatic heterocycles. The molecular weight excluding hydrogens is 304 g/mol. The summed E-state index contributed by atoms with van der Waals surface area (Å²) in [5.41, 5.74) is 5.63. The molecule has 126 valence electrons. The number of imidazole rings is 1. The highest BCUT2D eigenvalue weighted by Gasteiger charge is 2.28. The third-order valence-corrected chi connectivity index (χ3v) is 4.96. The molecule has 4 rings (SSSR count). The topological polar surface area (TPSA) is 79.0 Å². The molecule has 1 amide bonds. The summed E-state index contributed by atoms with van der Waals surface area (Å²) in [6.07, 6.45) is 5.95. The first kappa shape index (κ1) is 15.2. The van der Waals surface area contributed by atoms with Crippen LogP contribution in [0.1, 0.15) is 40.5 Å². The number of methoxy groups -OCH3 is 1. The lowest BCUT2D eigenvalue weighted by molar-refractivity contribution is -0.123. The maximum atomic E-state index is 12.6. The van der Waals surface area contributed by atoms with Crippen molar-refractivity contribution < 1.29 is 9.53 Å². The number of hydrogen-bond acceptors (Lipinski definition) is 4. The molecule has 0 fully saturated rings. The molecule has 3 N–H and O–H groups in total. The first-order valence-electron chi connectivity index (χ1n) is 8.48. The van der Waals surface area contributed by atoms with Crippen molar-refractivity contribution in [2.24, 2.45) is 0 Å². The number of hydrogen-bond donors (Lipinski definition) is 3. The van der Waals surface area contributed by atoms with E-state index in [9.17, 15) is 4.79 Å². The lowest BCUT2D eigenvalue weighted by Gasteiger charge is -2.22. The number of carbonyl (C=O) groups excluding carboxylic acids is 1. The Morgan fingerprint density at radius 2 is 2.17 bits per heavy atom. The Morgan fingerprint density at radius 1 is 1.33 bits per heavy atom. The van der Waals surface area contributed by atoms with E-state index in [1.54, 1.807) is 13.4 Å². The van der Waals surface area contributed by atoms with Gasteiger partial charge in [-0.15, -0.1) is 0 Å². The van der Waals surface area contributed by atoms with Crippen LogP contribution in [0.2, 0.25) is 0 Å². The fraction of sp³-hybridized carbons (Fsp3) is 0.444. The van der Waals surface area contributed by atoms with Gasteiger partial charge in [0, 0.05) is 30.8 Å². The summed E-state index contributed by atoms with van der Waals surface area (Å²) in [5.74, 6) is 0.804. The molecule has 1 atom stereocenters. The highest BCUT2D eigenvalue weighted by atomic mass is 16.5. The minimum Gasteiger partial charge on any atom is -0.496 e. The summed E-state index contributed by atoms with van der Waals surface area (Å²) in [6, 6.07) is 3.91. The minimum absolute atomic E-state index is 0.0504. The monoisotopic (exact) mass is 326 g/mol. The average molecular weight is 326 g/mol. The Labute approximate surface area is 141 Å².